The molecule has 3 nitrogen and oxygen atoms in total. The number of nitrogens with zero attached hydrogens (tertiary/aromatic N) is 1. The maximum absolute atomic E-state index is 12.0. The van der Waals surface area contributed by atoms with Crippen LogP contribution in [0.3, 0.4) is 0 Å². The van der Waals surface area contributed by atoms with E-state index >= 15 is 0 Å². The predicted octanol–water partition coefficient (Wildman–Crippen LogP) is 2.92. The Morgan fingerprint density at radius 2 is 2.28 bits per heavy atom. The van der Waals surface area contributed by atoms with E-state index in [-0.39, 0.29) is 5.91 Å². The second-order valence-corrected chi connectivity index (χ2v) is 5.38. The van der Waals surface area contributed by atoms with Crippen LogP contribution in [0, 0.1) is 0 Å². The Morgan fingerprint density at radius 1 is 1.50 bits per heavy atom. The molecular formula is C13H13NO2S2. The molecule has 1 heterocycles. The standard InChI is InChI=1S/C13H13NO2S2/c1-3-14-12(15)11(18-13(14)17)8-9-5-4-6-10(7-9)16-2/h4-8H,3H2,1-2H3. The number of methoxy groups -OCH3 is 1. The SMILES string of the molecule is CCN1C(=O)C(=Cc2cccc(OC)c2)SC1=S. The van der Waals surface area contributed by atoms with Gasteiger partial charge in [-0.25, -0.2) is 0 Å². The topological polar surface area (TPSA) is 29.5 Å². The van der Waals surface area contributed by atoms with Crippen molar-refractivity contribution in [2.45, 2.75) is 6.92 Å². The maximum Gasteiger partial charge on any atom is 0.266 e. The number of carbonyl (C=O) groups is 1. The van der Waals surface area contributed by atoms with Crippen LogP contribution in [0.25, 0.3) is 6.08 Å². The van der Waals surface area contributed by atoms with Crippen molar-refractivity contribution in [1.82, 2.24) is 4.90 Å². The number of benzene rings is 1. The third kappa shape index (κ3) is 2.57. The van der Waals surface area contributed by atoms with Crippen LogP contribution in [-0.2, 0) is 4.79 Å². The van der Waals surface area contributed by atoms with Crippen molar-refractivity contribution in [3.05, 3.63) is 34.7 Å². The van der Waals surface area contributed by atoms with Crippen LogP contribution in [-0.4, -0.2) is 28.8 Å². The van der Waals surface area contributed by atoms with E-state index in [1.165, 1.54) is 11.8 Å². The van der Waals surface area contributed by atoms with Crippen molar-refractivity contribution in [2.24, 2.45) is 0 Å². The van der Waals surface area contributed by atoms with Gasteiger partial charge in [0.15, 0.2) is 0 Å². The van der Waals surface area contributed by atoms with E-state index < -0.39 is 0 Å². The van der Waals surface area contributed by atoms with Gasteiger partial charge in [0.2, 0.25) is 0 Å². The van der Waals surface area contributed by atoms with Crippen LogP contribution < -0.4 is 4.74 Å². The lowest BCUT2D eigenvalue weighted by molar-refractivity contribution is -0.121. The van der Waals surface area contributed by atoms with Crippen molar-refractivity contribution < 1.29 is 9.53 Å². The van der Waals surface area contributed by atoms with Crippen molar-refractivity contribution in [2.75, 3.05) is 13.7 Å². The smallest absolute Gasteiger partial charge is 0.266 e. The maximum atomic E-state index is 12.0. The van der Waals surface area contributed by atoms with E-state index in [2.05, 4.69) is 0 Å². The minimum Gasteiger partial charge on any atom is -0.497 e. The molecule has 0 unspecified atom stereocenters. The van der Waals surface area contributed by atoms with E-state index in [9.17, 15) is 4.79 Å². The number of carbonyl (C=O) groups excluding carboxylic acids is 1. The summed E-state index contributed by atoms with van der Waals surface area (Å²) in [4.78, 5) is 14.3. The molecule has 1 aromatic rings. The lowest BCUT2D eigenvalue weighted by Gasteiger charge is -2.09. The van der Waals surface area contributed by atoms with E-state index in [1.54, 1.807) is 12.0 Å². The molecule has 5 heteroatoms. The first-order valence-corrected chi connectivity index (χ1v) is 6.77. The molecule has 94 valence electrons. The van der Waals surface area contributed by atoms with Gasteiger partial charge in [0.05, 0.1) is 12.0 Å². The monoisotopic (exact) mass is 279 g/mol. The molecule has 0 bridgehead atoms. The van der Waals surface area contributed by atoms with Gasteiger partial charge in [-0.2, -0.15) is 0 Å². The van der Waals surface area contributed by atoms with E-state index in [1.807, 2.05) is 37.3 Å². The highest BCUT2D eigenvalue weighted by molar-refractivity contribution is 8.26. The summed E-state index contributed by atoms with van der Waals surface area (Å²) < 4.78 is 5.77. The van der Waals surface area contributed by atoms with Crippen molar-refractivity contribution >= 4 is 40.3 Å². The Balaban J connectivity index is 2.28. The van der Waals surface area contributed by atoms with Crippen LogP contribution in [0.2, 0.25) is 0 Å². The summed E-state index contributed by atoms with van der Waals surface area (Å²) in [6, 6.07) is 7.58. The second-order valence-electron chi connectivity index (χ2n) is 3.70. The average molecular weight is 279 g/mol. The summed E-state index contributed by atoms with van der Waals surface area (Å²) in [5.41, 5.74) is 0.936. The molecule has 2 rings (SSSR count). The summed E-state index contributed by atoms with van der Waals surface area (Å²) >= 11 is 6.50. The molecule has 1 aliphatic heterocycles. The zero-order valence-corrected chi connectivity index (χ0v) is 11.8. The van der Waals surface area contributed by atoms with Crippen LogP contribution in [0.5, 0.6) is 5.75 Å². The first-order chi connectivity index (χ1) is 8.65. The van der Waals surface area contributed by atoms with Gasteiger partial charge in [0.1, 0.15) is 10.1 Å². The van der Waals surface area contributed by atoms with Crippen molar-refractivity contribution in [3.63, 3.8) is 0 Å². The minimum atomic E-state index is -0.0182. The fourth-order valence-corrected chi connectivity index (χ4v) is 3.04. The Bertz CT molecular complexity index is 525. The number of ether oxygens (including phenoxy) is 1. The average Bonchev–Trinajstić information content (AvgIpc) is 2.64. The minimum absolute atomic E-state index is 0.0182. The van der Waals surface area contributed by atoms with Gasteiger partial charge in [-0.05, 0) is 30.7 Å². The molecule has 0 N–H and O–H groups in total. The lowest BCUT2D eigenvalue weighted by atomic mass is 10.2. The number of thiocarbonyl (C=S) groups is 1. The Morgan fingerprint density at radius 3 is 2.89 bits per heavy atom. The first kappa shape index (κ1) is 13.1. The van der Waals surface area contributed by atoms with Crippen molar-refractivity contribution in [3.8, 4) is 5.75 Å². The third-order valence-electron chi connectivity index (χ3n) is 2.58. The Hall–Kier alpha value is -1.33. The normalized spacial score (nSPS) is 17.7. The number of likely N-dealkylation sites (N-methyl/N-ethyl adjacent to an activating group) is 1. The van der Waals surface area contributed by atoms with E-state index in [4.69, 9.17) is 17.0 Å². The van der Waals surface area contributed by atoms with Gasteiger partial charge in [-0.15, -0.1) is 0 Å². The van der Waals surface area contributed by atoms with Crippen LogP contribution >= 0.6 is 24.0 Å². The molecule has 1 fully saturated rings. The van der Waals surface area contributed by atoms with E-state index in [0.29, 0.717) is 15.8 Å². The second kappa shape index (κ2) is 5.54. The van der Waals surface area contributed by atoms with Gasteiger partial charge in [0.25, 0.3) is 5.91 Å². The van der Waals surface area contributed by atoms with Gasteiger partial charge in [-0.3, -0.25) is 9.69 Å². The summed E-state index contributed by atoms with van der Waals surface area (Å²) in [7, 11) is 1.62. The van der Waals surface area contributed by atoms with Crippen LogP contribution in [0.1, 0.15) is 12.5 Å². The summed E-state index contributed by atoms with van der Waals surface area (Å²) in [6.07, 6.45) is 1.84. The lowest BCUT2D eigenvalue weighted by Crippen LogP contribution is -2.27. The van der Waals surface area contributed by atoms with Gasteiger partial charge < -0.3 is 4.74 Å². The molecule has 1 saturated heterocycles. The molecule has 1 aliphatic rings. The number of amides is 1. The van der Waals surface area contributed by atoms with Crippen LogP contribution in [0.4, 0.5) is 0 Å². The fourth-order valence-electron chi connectivity index (χ4n) is 1.66. The van der Waals surface area contributed by atoms with Crippen LogP contribution in [0.15, 0.2) is 29.2 Å². The summed E-state index contributed by atoms with van der Waals surface area (Å²) in [5, 5.41) is 0. The Labute approximate surface area is 116 Å². The molecule has 0 saturated carbocycles. The highest BCUT2D eigenvalue weighted by Crippen LogP contribution is 2.32. The molecule has 0 aromatic heterocycles. The Kier molecular flexibility index (Phi) is 4.04. The molecule has 0 aliphatic carbocycles. The highest BCUT2D eigenvalue weighted by Gasteiger charge is 2.30. The molecular weight excluding hydrogens is 266 g/mol. The highest BCUT2D eigenvalue weighted by atomic mass is 32.2. The van der Waals surface area contributed by atoms with Gasteiger partial charge in [-0.1, -0.05) is 36.1 Å². The number of hydrogen-bond donors (Lipinski definition) is 0. The first-order valence-electron chi connectivity index (χ1n) is 5.55. The molecule has 1 amide bonds. The number of hydrogen-bond acceptors (Lipinski definition) is 4. The molecule has 1 aromatic carbocycles. The molecule has 0 spiro atoms. The van der Waals surface area contributed by atoms with E-state index in [0.717, 1.165) is 11.3 Å². The summed E-state index contributed by atoms with van der Waals surface area (Å²) in [5.74, 6) is 0.755. The number of thioether (sulfide) groups is 1. The molecule has 0 radical (unpaired) electrons. The molecule has 18 heavy (non-hydrogen) atoms. The quantitative estimate of drug-likeness (QED) is 0.628. The summed E-state index contributed by atoms with van der Waals surface area (Å²) in [6.45, 7) is 2.53. The molecule has 0 atom stereocenters. The van der Waals surface area contributed by atoms with Gasteiger partial charge in [0, 0.05) is 6.54 Å². The van der Waals surface area contributed by atoms with Crippen molar-refractivity contribution in [1.29, 1.82) is 0 Å². The zero-order valence-electron chi connectivity index (χ0n) is 10.2. The fraction of sp³-hybridized carbons (Fsp3) is 0.231. The number of rotatable bonds is 3. The van der Waals surface area contributed by atoms with Gasteiger partial charge >= 0.3 is 0 Å². The zero-order chi connectivity index (χ0) is 13.1. The predicted molar refractivity (Wildman–Crippen MR) is 78.5 cm³/mol. The largest absolute Gasteiger partial charge is 0.497 e. The third-order valence-corrected chi connectivity index (χ3v) is 3.96.